The molecular formula is C15H23N5. The predicted molar refractivity (Wildman–Crippen MR) is 78.2 cm³/mol. The summed E-state index contributed by atoms with van der Waals surface area (Å²) in [6.07, 6.45) is 10.6. The molecule has 0 spiro atoms. The quantitative estimate of drug-likeness (QED) is 0.908. The van der Waals surface area contributed by atoms with Crippen molar-refractivity contribution in [2.24, 2.45) is 7.05 Å². The molecule has 1 aliphatic carbocycles. The molecule has 0 bridgehead atoms. The molecule has 2 aromatic heterocycles. The van der Waals surface area contributed by atoms with Crippen LogP contribution >= 0.6 is 0 Å². The van der Waals surface area contributed by atoms with Gasteiger partial charge in [-0.05, 0) is 25.7 Å². The molecule has 1 atom stereocenters. The Hall–Kier alpha value is -1.62. The lowest BCUT2D eigenvalue weighted by Gasteiger charge is -2.24. The van der Waals surface area contributed by atoms with E-state index < -0.39 is 0 Å². The highest BCUT2D eigenvalue weighted by Crippen LogP contribution is 2.29. The van der Waals surface area contributed by atoms with Gasteiger partial charge in [0.25, 0.3) is 0 Å². The summed E-state index contributed by atoms with van der Waals surface area (Å²) in [4.78, 5) is 4.26. The lowest BCUT2D eigenvalue weighted by molar-refractivity contribution is 0.443. The minimum atomic E-state index is 0.428. The smallest absolute Gasteiger partial charge is 0.0948 e. The highest BCUT2D eigenvalue weighted by atomic mass is 15.3. The second-order valence-electron chi connectivity index (χ2n) is 5.57. The molecule has 3 rings (SSSR count). The van der Waals surface area contributed by atoms with Crippen molar-refractivity contribution >= 4 is 0 Å². The summed E-state index contributed by atoms with van der Waals surface area (Å²) in [5, 5.41) is 8.08. The Morgan fingerprint density at radius 3 is 3.15 bits per heavy atom. The average molecular weight is 273 g/mol. The normalized spacial score (nSPS) is 18.2. The van der Waals surface area contributed by atoms with Crippen molar-refractivity contribution in [3.05, 3.63) is 35.7 Å². The summed E-state index contributed by atoms with van der Waals surface area (Å²) >= 11 is 0. The fourth-order valence-corrected chi connectivity index (χ4v) is 3.08. The molecule has 5 nitrogen and oxygen atoms in total. The standard InChI is InChI=1S/C15H23N5/c1-3-7-20-11-16-8-12(20)9-17-14-5-4-6-15-13(14)10-18-19(15)2/h8,10-11,14,17H,3-7,9H2,1-2H3. The van der Waals surface area contributed by atoms with Gasteiger partial charge >= 0.3 is 0 Å². The molecule has 0 amide bonds. The first-order chi connectivity index (χ1) is 9.79. The van der Waals surface area contributed by atoms with Crippen molar-refractivity contribution in [2.75, 3.05) is 0 Å². The molecule has 0 radical (unpaired) electrons. The van der Waals surface area contributed by atoms with Crippen LogP contribution in [-0.2, 0) is 26.6 Å². The first-order valence-corrected chi connectivity index (χ1v) is 7.52. The molecule has 1 aliphatic rings. The van der Waals surface area contributed by atoms with Gasteiger partial charge in [-0.3, -0.25) is 4.68 Å². The third-order valence-corrected chi connectivity index (χ3v) is 4.17. The van der Waals surface area contributed by atoms with Crippen molar-refractivity contribution in [3.63, 3.8) is 0 Å². The molecule has 0 fully saturated rings. The molecule has 1 unspecified atom stereocenters. The van der Waals surface area contributed by atoms with Crippen LogP contribution in [-0.4, -0.2) is 19.3 Å². The Kier molecular flexibility index (Phi) is 3.87. The Bertz CT molecular complexity index is 569. The van der Waals surface area contributed by atoms with Gasteiger partial charge in [-0.1, -0.05) is 6.92 Å². The maximum absolute atomic E-state index is 4.40. The van der Waals surface area contributed by atoms with Crippen LogP contribution in [0.25, 0.3) is 0 Å². The van der Waals surface area contributed by atoms with E-state index in [2.05, 4.69) is 26.9 Å². The van der Waals surface area contributed by atoms with Crippen molar-refractivity contribution in [1.29, 1.82) is 0 Å². The van der Waals surface area contributed by atoms with Gasteiger partial charge in [0.05, 0.1) is 18.2 Å². The number of imidazole rings is 1. The van der Waals surface area contributed by atoms with E-state index in [1.165, 1.54) is 29.8 Å². The second-order valence-corrected chi connectivity index (χ2v) is 5.57. The highest BCUT2D eigenvalue weighted by Gasteiger charge is 2.23. The number of nitrogens with zero attached hydrogens (tertiary/aromatic N) is 4. The van der Waals surface area contributed by atoms with Crippen molar-refractivity contribution in [3.8, 4) is 0 Å². The summed E-state index contributed by atoms with van der Waals surface area (Å²) in [6.45, 7) is 4.11. The zero-order chi connectivity index (χ0) is 13.9. The van der Waals surface area contributed by atoms with Crippen molar-refractivity contribution < 1.29 is 0 Å². The molecule has 5 heteroatoms. The zero-order valence-electron chi connectivity index (χ0n) is 12.3. The summed E-state index contributed by atoms with van der Waals surface area (Å²) in [6, 6.07) is 0.428. The maximum atomic E-state index is 4.40. The molecule has 0 saturated carbocycles. The monoisotopic (exact) mass is 273 g/mol. The van der Waals surface area contributed by atoms with Crippen molar-refractivity contribution in [2.45, 2.75) is 51.7 Å². The molecule has 2 heterocycles. The van der Waals surface area contributed by atoms with Crippen molar-refractivity contribution in [1.82, 2.24) is 24.6 Å². The first kappa shape index (κ1) is 13.4. The fourth-order valence-electron chi connectivity index (χ4n) is 3.08. The van der Waals surface area contributed by atoms with Gasteiger partial charge in [0.15, 0.2) is 0 Å². The molecular weight excluding hydrogens is 250 g/mol. The van der Waals surface area contributed by atoms with Crippen LogP contribution in [0.2, 0.25) is 0 Å². The van der Waals surface area contributed by atoms with Crippen LogP contribution in [0.1, 0.15) is 49.2 Å². The molecule has 0 saturated heterocycles. The molecule has 0 aromatic carbocycles. The Morgan fingerprint density at radius 1 is 1.40 bits per heavy atom. The van der Waals surface area contributed by atoms with Crippen LogP contribution in [0.4, 0.5) is 0 Å². The number of nitrogens with one attached hydrogen (secondary N) is 1. The highest BCUT2D eigenvalue weighted by molar-refractivity contribution is 5.24. The largest absolute Gasteiger partial charge is 0.333 e. The Morgan fingerprint density at radius 2 is 2.30 bits per heavy atom. The number of aromatic nitrogens is 4. The number of hydrogen-bond donors (Lipinski definition) is 1. The van der Waals surface area contributed by atoms with E-state index in [9.17, 15) is 0 Å². The van der Waals surface area contributed by atoms with E-state index in [1.54, 1.807) is 0 Å². The van der Waals surface area contributed by atoms with Gasteiger partial charge in [-0.2, -0.15) is 5.10 Å². The third-order valence-electron chi connectivity index (χ3n) is 4.17. The summed E-state index contributed by atoms with van der Waals surface area (Å²) < 4.78 is 4.25. The average Bonchev–Trinajstić information content (AvgIpc) is 3.05. The van der Waals surface area contributed by atoms with Crippen LogP contribution < -0.4 is 5.32 Å². The second kappa shape index (κ2) is 5.79. The van der Waals surface area contributed by atoms with Gasteiger partial charge in [0, 0.05) is 43.6 Å². The minimum Gasteiger partial charge on any atom is -0.333 e. The third kappa shape index (κ3) is 2.50. The molecule has 108 valence electrons. The van der Waals surface area contributed by atoms with E-state index in [0.717, 1.165) is 25.9 Å². The maximum Gasteiger partial charge on any atom is 0.0948 e. The predicted octanol–water partition coefficient (Wildman–Crippen LogP) is 2.19. The Balaban J connectivity index is 1.68. The lowest BCUT2D eigenvalue weighted by Crippen LogP contribution is -2.25. The number of fused-ring (bicyclic) bond motifs is 1. The molecule has 20 heavy (non-hydrogen) atoms. The molecule has 1 N–H and O–H groups in total. The van der Waals surface area contributed by atoms with Gasteiger partial charge in [0.2, 0.25) is 0 Å². The number of aryl methyl sites for hydroxylation is 2. The van der Waals surface area contributed by atoms with Crippen LogP contribution in [0.3, 0.4) is 0 Å². The lowest BCUT2D eigenvalue weighted by atomic mass is 9.93. The van der Waals surface area contributed by atoms with E-state index >= 15 is 0 Å². The van der Waals surface area contributed by atoms with Crippen LogP contribution in [0.15, 0.2) is 18.7 Å². The number of rotatable bonds is 5. The van der Waals surface area contributed by atoms with Crippen LogP contribution in [0, 0.1) is 0 Å². The SMILES string of the molecule is CCCn1cncc1CNC1CCCc2c1cnn2C. The fraction of sp³-hybridized carbons (Fsp3) is 0.600. The zero-order valence-corrected chi connectivity index (χ0v) is 12.3. The minimum absolute atomic E-state index is 0.428. The summed E-state index contributed by atoms with van der Waals surface area (Å²) in [7, 11) is 2.04. The summed E-state index contributed by atoms with van der Waals surface area (Å²) in [5.41, 5.74) is 4.03. The topological polar surface area (TPSA) is 47.7 Å². The van der Waals surface area contributed by atoms with E-state index in [1.807, 2.05) is 30.5 Å². The molecule has 0 aliphatic heterocycles. The van der Waals surface area contributed by atoms with Crippen LogP contribution in [0.5, 0.6) is 0 Å². The Labute approximate surface area is 120 Å². The van der Waals surface area contributed by atoms with Gasteiger partial charge < -0.3 is 9.88 Å². The van der Waals surface area contributed by atoms with E-state index in [0.29, 0.717) is 6.04 Å². The van der Waals surface area contributed by atoms with Gasteiger partial charge in [-0.25, -0.2) is 4.98 Å². The van der Waals surface area contributed by atoms with E-state index in [-0.39, 0.29) is 0 Å². The van der Waals surface area contributed by atoms with Gasteiger partial charge in [0.1, 0.15) is 0 Å². The van der Waals surface area contributed by atoms with Gasteiger partial charge in [-0.15, -0.1) is 0 Å². The summed E-state index contributed by atoms with van der Waals surface area (Å²) in [5.74, 6) is 0. The molecule has 2 aromatic rings. The van der Waals surface area contributed by atoms with E-state index in [4.69, 9.17) is 0 Å². The first-order valence-electron chi connectivity index (χ1n) is 7.52. The number of hydrogen-bond acceptors (Lipinski definition) is 3.